The van der Waals surface area contributed by atoms with Gasteiger partial charge in [0.1, 0.15) is 0 Å². The normalized spacial score (nSPS) is 11.8. The van der Waals surface area contributed by atoms with E-state index < -0.39 is 12.1 Å². The fraction of sp³-hybridized carbons (Fsp3) is 0.111. The van der Waals surface area contributed by atoms with Crippen LogP contribution in [0.4, 0.5) is 10.5 Å². The van der Waals surface area contributed by atoms with Crippen molar-refractivity contribution in [2.45, 2.75) is 6.10 Å². The van der Waals surface area contributed by atoms with Gasteiger partial charge in [-0.3, -0.25) is 0 Å². The molecular formula is C18H17ClN4O2. The summed E-state index contributed by atoms with van der Waals surface area (Å²) in [6, 6.07) is 15.7. The highest BCUT2D eigenvalue weighted by Gasteiger charge is 2.11. The highest BCUT2D eigenvalue weighted by Crippen LogP contribution is 2.20. The molecule has 0 fully saturated rings. The molecule has 2 aromatic carbocycles. The van der Waals surface area contributed by atoms with Crippen LogP contribution in [-0.2, 0) is 0 Å². The number of para-hydroxylation sites is 1. The first-order valence-corrected chi connectivity index (χ1v) is 8.09. The Bertz CT molecular complexity index is 835. The van der Waals surface area contributed by atoms with Crippen LogP contribution >= 0.6 is 11.6 Å². The third kappa shape index (κ3) is 4.37. The van der Waals surface area contributed by atoms with Gasteiger partial charge in [0.05, 0.1) is 22.5 Å². The van der Waals surface area contributed by atoms with Crippen LogP contribution in [0.1, 0.15) is 11.7 Å². The molecule has 0 radical (unpaired) electrons. The van der Waals surface area contributed by atoms with Crippen molar-refractivity contribution in [3.05, 3.63) is 77.6 Å². The summed E-state index contributed by atoms with van der Waals surface area (Å²) in [5, 5.41) is 20.1. The molecule has 1 heterocycles. The van der Waals surface area contributed by atoms with Crippen LogP contribution in [0, 0.1) is 0 Å². The summed E-state index contributed by atoms with van der Waals surface area (Å²) in [5.41, 5.74) is 2.11. The fourth-order valence-corrected chi connectivity index (χ4v) is 2.49. The largest absolute Gasteiger partial charge is 0.387 e. The molecule has 3 N–H and O–H groups in total. The molecule has 0 saturated heterocycles. The van der Waals surface area contributed by atoms with Gasteiger partial charge in [0.2, 0.25) is 0 Å². The minimum atomic E-state index is -0.816. The summed E-state index contributed by atoms with van der Waals surface area (Å²) in [6.45, 7) is 0.0808. The number of amides is 2. The number of aliphatic hydroxyl groups excluding tert-OH is 1. The maximum Gasteiger partial charge on any atom is 0.319 e. The summed E-state index contributed by atoms with van der Waals surface area (Å²) >= 11 is 5.99. The molecule has 1 aromatic heterocycles. The van der Waals surface area contributed by atoms with Crippen LogP contribution in [0.5, 0.6) is 0 Å². The van der Waals surface area contributed by atoms with E-state index in [1.165, 1.54) is 0 Å². The van der Waals surface area contributed by atoms with E-state index >= 15 is 0 Å². The second-order valence-electron chi connectivity index (χ2n) is 5.37. The number of carbonyl (C=O) groups excluding carboxylic acids is 1. The zero-order chi connectivity index (χ0) is 17.6. The van der Waals surface area contributed by atoms with Crippen LogP contribution in [-0.4, -0.2) is 27.5 Å². The number of hydrogen-bond donors (Lipinski definition) is 3. The van der Waals surface area contributed by atoms with Crippen LogP contribution in [0.2, 0.25) is 5.02 Å². The first kappa shape index (κ1) is 17.0. The Hall–Kier alpha value is -2.83. The van der Waals surface area contributed by atoms with Crippen molar-refractivity contribution in [3.63, 3.8) is 0 Å². The molecule has 25 heavy (non-hydrogen) atoms. The maximum absolute atomic E-state index is 11.9. The molecule has 0 aliphatic carbocycles. The Balaban J connectivity index is 1.54. The SMILES string of the molecule is O=C(NCC(O)c1ccc(-n2cccn2)cc1)Nc1ccccc1Cl. The summed E-state index contributed by atoms with van der Waals surface area (Å²) in [7, 11) is 0. The van der Waals surface area contributed by atoms with E-state index in [-0.39, 0.29) is 6.54 Å². The molecular weight excluding hydrogens is 340 g/mol. The number of aliphatic hydroxyl groups is 1. The van der Waals surface area contributed by atoms with Gasteiger partial charge in [-0.25, -0.2) is 9.48 Å². The third-order valence-electron chi connectivity index (χ3n) is 3.62. The molecule has 2 amide bonds. The Kier molecular flexibility index (Phi) is 5.33. The molecule has 7 heteroatoms. The standard InChI is InChI=1S/C18H17ClN4O2/c19-15-4-1-2-5-16(15)22-18(25)20-12-17(24)13-6-8-14(9-7-13)23-11-3-10-21-23/h1-11,17,24H,12H2,(H2,20,22,25). The number of aromatic nitrogens is 2. The van der Waals surface area contributed by atoms with E-state index in [9.17, 15) is 9.90 Å². The number of anilines is 1. The Morgan fingerprint density at radius 3 is 2.60 bits per heavy atom. The minimum absolute atomic E-state index is 0.0808. The molecule has 3 rings (SSSR count). The zero-order valence-electron chi connectivity index (χ0n) is 13.3. The van der Waals surface area contributed by atoms with Crippen LogP contribution < -0.4 is 10.6 Å². The molecule has 0 saturated carbocycles. The summed E-state index contributed by atoms with van der Waals surface area (Å²) in [4.78, 5) is 11.9. The number of nitrogens with zero attached hydrogens (tertiary/aromatic N) is 2. The highest BCUT2D eigenvalue weighted by molar-refractivity contribution is 6.33. The first-order valence-electron chi connectivity index (χ1n) is 7.71. The Morgan fingerprint density at radius 2 is 1.92 bits per heavy atom. The van der Waals surface area contributed by atoms with Gasteiger partial charge in [-0.15, -0.1) is 0 Å². The molecule has 0 aliphatic rings. The minimum Gasteiger partial charge on any atom is -0.387 e. The Labute approximate surface area is 150 Å². The quantitative estimate of drug-likeness (QED) is 0.655. The topological polar surface area (TPSA) is 79.2 Å². The van der Waals surface area contributed by atoms with Crippen molar-refractivity contribution < 1.29 is 9.90 Å². The molecule has 0 spiro atoms. The first-order chi connectivity index (χ1) is 12.1. The molecule has 0 bridgehead atoms. The van der Waals surface area contributed by atoms with Gasteiger partial charge in [-0.1, -0.05) is 35.9 Å². The second kappa shape index (κ2) is 7.83. The van der Waals surface area contributed by atoms with Gasteiger partial charge in [-0.05, 0) is 35.9 Å². The van der Waals surface area contributed by atoms with Gasteiger partial charge >= 0.3 is 6.03 Å². The Morgan fingerprint density at radius 1 is 1.16 bits per heavy atom. The predicted octanol–water partition coefficient (Wildman–Crippen LogP) is 3.38. The lowest BCUT2D eigenvalue weighted by Crippen LogP contribution is -2.32. The summed E-state index contributed by atoms with van der Waals surface area (Å²) in [6.07, 6.45) is 2.72. The number of carbonyl (C=O) groups is 1. The van der Waals surface area contributed by atoms with Gasteiger partial charge in [0.25, 0.3) is 0 Å². The van der Waals surface area contributed by atoms with E-state index in [1.807, 2.05) is 24.4 Å². The van der Waals surface area contributed by atoms with Gasteiger partial charge in [0, 0.05) is 18.9 Å². The highest BCUT2D eigenvalue weighted by atomic mass is 35.5. The number of hydrogen-bond acceptors (Lipinski definition) is 3. The number of halogens is 1. The average molecular weight is 357 g/mol. The van der Waals surface area contributed by atoms with Gasteiger partial charge in [-0.2, -0.15) is 5.10 Å². The lowest BCUT2D eigenvalue weighted by atomic mass is 10.1. The van der Waals surface area contributed by atoms with Crippen molar-refractivity contribution >= 4 is 23.3 Å². The monoisotopic (exact) mass is 356 g/mol. The van der Waals surface area contributed by atoms with Crippen molar-refractivity contribution in [1.82, 2.24) is 15.1 Å². The maximum atomic E-state index is 11.9. The van der Waals surface area contributed by atoms with E-state index in [4.69, 9.17) is 11.6 Å². The molecule has 6 nitrogen and oxygen atoms in total. The van der Waals surface area contributed by atoms with Crippen LogP contribution in [0.25, 0.3) is 5.69 Å². The van der Waals surface area contributed by atoms with Crippen molar-refractivity contribution in [2.75, 3.05) is 11.9 Å². The van der Waals surface area contributed by atoms with Crippen molar-refractivity contribution in [2.24, 2.45) is 0 Å². The molecule has 3 aromatic rings. The van der Waals surface area contributed by atoms with E-state index in [0.717, 1.165) is 5.69 Å². The summed E-state index contributed by atoms with van der Waals surface area (Å²) < 4.78 is 1.73. The molecule has 128 valence electrons. The van der Waals surface area contributed by atoms with Crippen LogP contribution in [0.15, 0.2) is 67.0 Å². The zero-order valence-corrected chi connectivity index (χ0v) is 14.0. The van der Waals surface area contributed by atoms with Gasteiger partial charge in [0.15, 0.2) is 0 Å². The number of rotatable bonds is 5. The van der Waals surface area contributed by atoms with Gasteiger partial charge < -0.3 is 15.7 Å². The second-order valence-corrected chi connectivity index (χ2v) is 5.78. The number of nitrogens with one attached hydrogen (secondary N) is 2. The van der Waals surface area contributed by atoms with Crippen molar-refractivity contribution in [1.29, 1.82) is 0 Å². The molecule has 1 unspecified atom stereocenters. The lowest BCUT2D eigenvalue weighted by Gasteiger charge is -2.14. The fourth-order valence-electron chi connectivity index (χ4n) is 2.31. The average Bonchev–Trinajstić information content (AvgIpc) is 3.16. The van der Waals surface area contributed by atoms with E-state index in [0.29, 0.717) is 16.3 Å². The predicted molar refractivity (Wildman–Crippen MR) is 97.0 cm³/mol. The van der Waals surface area contributed by atoms with Crippen molar-refractivity contribution in [3.8, 4) is 5.69 Å². The molecule has 1 atom stereocenters. The summed E-state index contributed by atoms with van der Waals surface area (Å²) in [5.74, 6) is 0. The number of benzene rings is 2. The van der Waals surface area contributed by atoms with E-state index in [1.54, 1.807) is 47.3 Å². The lowest BCUT2D eigenvalue weighted by molar-refractivity contribution is 0.175. The van der Waals surface area contributed by atoms with Crippen LogP contribution in [0.3, 0.4) is 0 Å². The molecule has 0 aliphatic heterocycles. The number of urea groups is 1. The third-order valence-corrected chi connectivity index (χ3v) is 3.95. The smallest absolute Gasteiger partial charge is 0.319 e. The van der Waals surface area contributed by atoms with E-state index in [2.05, 4.69) is 15.7 Å².